The third-order valence-corrected chi connectivity index (χ3v) is 6.61. The standard InChI is InChI=1S/C29H29FO3/c1-18-10-12-21(13-11-18)29-28(23-7-6-8-25(30)19(23)2)20(3)24-17-22(14-15-26(24)33-29)32-27-9-4-5-16-31-27/h6-8,10-15,17,27,29H,4-5,9,16H2,1-3H3. The summed E-state index contributed by atoms with van der Waals surface area (Å²) in [5.41, 5.74) is 6.72. The molecule has 3 nitrogen and oxygen atoms in total. The highest BCUT2D eigenvalue weighted by atomic mass is 19.1. The Morgan fingerprint density at radius 2 is 1.73 bits per heavy atom. The van der Waals surface area contributed by atoms with Crippen molar-refractivity contribution in [2.24, 2.45) is 0 Å². The van der Waals surface area contributed by atoms with E-state index < -0.39 is 0 Å². The summed E-state index contributed by atoms with van der Waals surface area (Å²) in [6.07, 6.45) is 2.55. The lowest BCUT2D eigenvalue weighted by Gasteiger charge is -2.32. The van der Waals surface area contributed by atoms with Gasteiger partial charge in [0.15, 0.2) is 6.29 Å². The maximum absolute atomic E-state index is 14.6. The number of benzene rings is 3. The second-order valence-corrected chi connectivity index (χ2v) is 8.93. The van der Waals surface area contributed by atoms with E-state index in [1.165, 1.54) is 11.6 Å². The molecule has 33 heavy (non-hydrogen) atoms. The molecular weight excluding hydrogens is 415 g/mol. The van der Waals surface area contributed by atoms with E-state index in [0.29, 0.717) is 5.56 Å². The number of fused-ring (bicyclic) bond motifs is 1. The number of rotatable bonds is 4. The highest BCUT2D eigenvalue weighted by Gasteiger charge is 2.31. The van der Waals surface area contributed by atoms with Crippen molar-refractivity contribution in [1.82, 2.24) is 0 Å². The van der Waals surface area contributed by atoms with E-state index >= 15 is 0 Å². The molecule has 2 aliphatic rings. The first kappa shape index (κ1) is 21.7. The van der Waals surface area contributed by atoms with Crippen LogP contribution in [0.25, 0.3) is 11.1 Å². The number of allylic oxidation sites excluding steroid dienone is 1. The van der Waals surface area contributed by atoms with Crippen molar-refractivity contribution in [1.29, 1.82) is 0 Å². The van der Waals surface area contributed by atoms with Crippen LogP contribution in [0.1, 0.15) is 60.1 Å². The fourth-order valence-electron chi connectivity index (χ4n) is 4.68. The van der Waals surface area contributed by atoms with Crippen molar-refractivity contribution in [3.63, 3.8) is 0 Å². The average Bonchev–Trinajstić information content (AvgIpc) is 2.83. The van der Waals surface area contributed by atoms with Crippen LogP contribution in [0.2, 0.25) is 0 Å². The second kappa shape index (κ2) is 9.03. The summed E-state index contributed by atoms with van der Waals surface area (Å²) < 4.78 is 33.0. The van der Waals surface area contributed by atoms with Crippen molar-refractivity contribution in [2.75, 3.05) is 6.61 Å². The number of aryl methyl sites for hydroxylation is 1. The molecule has 2 aliphatic heterocycles. The van der Waals surface area contributed by atoms with E-state index in [9.17, 15) is 4.39 Å². The van der Waals surface area contributed by atoms with Gasteiger partial charge in [-0.1, -0.05) is 42.0 Å². The highest BCUT2D eigenvalue weighted by Crippen LogP contribution is 2.48. The van der Waals surface area contributed by atoms with Gasteiger partial charge in [-0.25, -0.2) is 4.39 Å². The van der Waals surface area contributed by atoms with Crippen LogP contribution in [-0.4, -0.2) is 12.9 Å². The summed E-state index contributed by atoms with van der Waals surface area (Å²) >= 11 is 0. The highest BCUT2D eigenvalue weighted by molar-refractivity contribution is 5.96. The molecule has 2 unspecified atom stereocenters. The first-order valence-electron chi connectivity index (χ1n) is 11.6. The lowest BCUT2D eigenvalue weighted by atomic mass is 9.84. The van der Waals surface area contributed by atoms with Crippen molar-refractivity contribution in [3.05, 3.63) is 94.3 Å². The summed E-state index contributed by atoms with van der Waals surface area (Å²) in [6.45, 7) is 6.71. The van der Waals surface area contributed by atoms with Gasteiger partial charge in [0.1, 0.15) is 23.4 Å². The fraction of sp³-hybridized carbons (Fsp3) is 0.310. The monoisotopic (exact) mass is 444 g/mol. The minimum absolute atomic E-state index is 0.212. The molecule has 3 aromatic carbocycles. The first-order valence-corrected chi connectivity index (χ1v) is 11.6. The van der Waals surface area contributed by atoms with Crippen LogP contribution < -0.4 is 9.47 Å². The Kier molecular flexibility index (Phi) is 5.94. The summed E-state index contributed by atoms with van der Waals surface area (Å²) in [4.78, 5) is 0. The molecule has 170 valence electrons. The molecule has 3 aromatic rings. The van der Waals surface area contributed by atoms with Gasteiger partial charge >= 0.3 is 0 Å². The van der Waals surface area contributed by atoms with Crippen molar-refractivity contribution in [2.45, 2.75) is 52.4 Å². The van der Waals surface area contributed by atoms with Crippen molar-refractivity contribution >= 4 is 11.1 Å². The second-order valence-electron chi connectivity index (χ2n) is 8.93. The zero-order valence-electron chi connectivity index (χ0n) is 19.4. The van der Waals surface area contributed by atoms with Crippen LogP contribution in [-0.2, 0) is 4.74 Å². The molecule has 2 atom stereocenters. The minimum Gasteiger partial charge on any atom is -0.480 e. The number of halogens is 1. The summed E-state index contributed by atoms with van der Waals surface area (Å²) in [7, 11) is 0. The molecule has 0 aromatic heterocycles. The summed E-state index contributed by atoms with van der Waals surface area (Å²) in [5.74, 6) is 1.34. The van der Waals surface area contributed by atoms with E-state index in [1.54, 1.807) is 6.07 Å². The molecule has 0 N–H and O–H groups in total. The molecule has 0 amide bonds. The van der Waals surface area contributed by atoms with Gasteiger partial charge in [0.05, 0.1) is 6.61 Å². The Balaban J connectivity index is 1.61. The fourth-order valence-corrected chi connectivity index (χ4v) is 4.68. The van der Waals surface area contributed by atoms with E-state index in [0.717, 1.165) is 65.2 Å². The van der Waals surface area contributed by atoms with Crippen LogP contribution in [0.5, 0.6) is 11.5 Å². The summed E-state index contributed by atoms with van der Waals surface area (Å²) in [5, 5.41) is 0. The Hall–Kier alpha value is -3.11. The van der Waals surface area contributed by atoms with Crippen LogP contribution in [0.15, 0.2) is 60.7 Å². The predicted molar refractivity (Wildman–Crippen MR) is 129 cm³/mol. The molecule has 4 heteroatoms. The molecule has 1 saturated heterocycles. The normalized spacial score (nSPS) is 20.2. The number of hydrogen-bond donors (Lipinski definition) is 0. The Bertz CT molecular complexity index is 1190. The van der Waals surface area contributed by atoms with Crippen LogP contribution in [0.4, 0.5) is 4.39 Å². The molecule has 0 saturated carbocycles. The van der Waals surface area contributed by atoms with Gasteiger partial charge in [0.2, 0.25) is 0 Å². The first-order chi connectivity index (χ1) is 16.0. The van der Waals surface area contributed by atoms with Crippen LogP contribution in [0.3, 0.4) is 0 Å². The quantitative estimate of drug-likeness (QED) is 0.419. The van der Waals surface area contributed by atoms with Gasteiger partial charge in [-0.3, -0.25) is 0 Å². The van der Waals surface area contributed by atoms with Crippen molar-refractivity contribution in [3.8, 4) is 11.5 Å². The third kappa shape index (κ3) is 4.28. The van der Waals surface area contributed by atoms with Gasteiger partial charge in [-0.2, -0.15) is 0 Å². The zero-order chi connectivity index (χ0) is 22.9. The molecular formula is C29H29FO3. The molecule has 2 heterocycles. The van der Waals surface area contributed by atoms with E-state index in [2.05, 4.69) is 38.1 Å². The Morgan fingerprint density at radius 1 is 0.909 bits per heavy atom. The smallest absolute Gasteiger partial charge is 0.199 e. The summed E-state index contributed by atoms with van der Waals surface area (Å²) in [6, 6.07) is 19.5. The van der Waals surface area contributed by atoms with Crippen LogP contribution in [0, 0.1) is 19.7 Å². The van der Waals surface area contributed by atoms with Gasteiger partial charge in [0.25, 0.3) is 0 Å². The maximum Gasteiger partial charge on any atom is 0.199 e. The zero-order valence-corrected chi connectivity index (χ0v) is 19.4. The molecule has 0 radical (unpaired) electrons. The van der Waals surface area contributed by atoms with Gasteiger partial charge in [-0.05, 0) is 80.1 Å². The number of ether oxygens (including phenoxy) is 3. The minimum atomic E-state index is -0.327. The van der Waals surface area contributed by atoms with Crippen LogP contribution >= 0.6 is 0 Å². The SMILES string of the molecule is CC1=C(c2cccc(F)c2C)C(c2ccc(C)cc2)Oc2ccc(OC3CCCCO3)cc21. The molecule has 0 bridgehead atoms. The average molecular weight is 445 g/mol. The maximum atomic E-state index is 14.6. The van der Waals surface area contributed by atoms with E-state index in [-0.39, 0.29) is 18.2 Å². The molecule has 0 aliphatic carbocycles. The lowest BCUT2D eigenvalue weighted by molar-refractivity contribution is -0.105. The van der Waals surface area contributed by atoms with Gasteiger partial charge < -0.3 is 14.2 Å². The number of hydrogen-bond acceptors (Lipinski definition) is 3. The van der Waals surface area contributed by atoms with Gasteiger partial charge in [0, 0.05) is 17.6 Å². The Morgan fingerprint density at radius 3 is 2.48 bits per heavy atom. The molecule has 0 spiro atoms. The van der Waals surface area contributed by atoms with Gasteiger partial charge in [-0.15, -0.1) is 0 Å². The van der Waals surface area contributed by atoms with E-state index in [4.69, 9.17) is 14.2 Å². The Labute approximate surface area is 194 Å². The predicted octanol–water partition coefficient (Wildman–Crippen LogP) is 7.41. The molecule has 1 fully saturated rings. The molecule has 5 rings (SSSR count). The lowest BCUT2D eigenvalue weighted by Crippen LogP contribution is -2.25. The third-order valence-electron chi connectivity index (χ3n) is 6.61. The topological polar surface area (TPSA) is 27.7 Å². The van der Waals surface area contributed by atoms with E-state index in [1.807, 2.05) is 31.2 Å². The largest absolute Gasteiger partial charge is 0.480 e. The van der Waals surface area contributed by atoms with Crippen molar-refractivity contribution < 1.29 is 18.6 Å².